The van der Waals surface area contributed by atoms with Gasteiger partial charge in [-0.1, -0.05) is 13.8 Å². The molecule has 2 N–H and O–H groups in total. The van der Waals surface area contributed by atoms with Crippen LogP contribution in [0.2, 0.25) is 0 Å². The third-order valence-corrected chi connectivity index (χ3v) is 3.98. The van der Waals surface area contributed by atoms with Gasteiger partial charge in [-0.05, 0) is 31.9 Å². The summed E-state index contributed by atoms with van der Waals surface area (Å²) in [4.78, 5) is 37.4. The Kier molecular flexibility index (Phi) is 4.25. The van der Waals surface area contributed by atoms with Crippen molar-refractivity contribution in [3.05, 3.63) is 24.2 Å². The molecule has 1 aliphatic heterocycles. The molecule has 4 amide bonds. The van der Waals surface area contributed by atoms with Crippen molar-refractivity contribution in [2.75, 3.05) is 6.54 Å². The maximum Gasteiger partial charge on any atom is 0.325 e. The van der Waals surface area contributed by atoms with Crippen LogP contribution < -0.4 is 10.6 Å². The van der Waals surface area contributed by atoms with Crippen molar-refractivity contribution in [1.82, 2.24) is 15.5 Å². The highest BCUT2D eigenvalue weighted by Crippen LogP contribution is 2.28. The topological polar surface area (TPSA) is 91.7 Å². The molecule has 0 unspecified atom stereocenters. The summed E-state index contributed by atoms with van der Waals surface area (Å²) in [6.07, 6.45) is 1.43. The second-order valence-electron chi connectivity index (χ2n) is 6.02. The monoisotopic (exact) mass is 307 g/mol. The van der Waals surface area contributed by atoms with Crippen LogP contribution in [0.1, 0.15) is 33.5 Å². The number of rotatable bonds is 5. The van der Waals surface area contributed by atoms with E-state index >= 15 is 0 Å². The molecule has 2 heterocycles. The average Bonchev–Trinajstić information content (AvgIpc) is 3.03. The van der Waals surface area contributed by atoms with Gasteiger partial charge in [-0.25, -0.2) is 4.79 Å². The molecule has 2 atom stereocenters. The van der Waals surface area contributed by atoms with Gasteiger partial charge in [-0.3, -0.25) is 14.5 Å². The van der Waals surface area contributed by atoms with Gasteiger partial charge in [0.15, 0.2) is 5.54 Å². The first-order valence-electron chi connectivity index (χ1n) is 7.23. The fourth-order valence-corrected chi connectivity index (χ4v) is 2.18. The minimum atomic E-state index is -1.27. The summed E-state index contributed by atoms with van der Waals surface area (Å²) in [6.45, 7) is 7.08. The highest BCUT2D eigenvalue weighted by molar-refractivity contribution is 6.08. The van der Waals surface area contributed by atoms with Crippen LogP contribution in [0, 0.1) is 5.92 Å². The molecule has 1 aliphatic rings. The normalized spacial score (nSPS) is 22.9. The van der Waals surface area contributed by atoms with Gasteiger partial charge >= 0.3 is 6.03 Å². The number of carbonyl (C=O) groups excluding carboxylic acids is 3. The van der Waals surface area contributed by atoms with Crippen LogP contribution in [0.15, 0.2) is 22.8 Å². The molecule has 0 saturated carbocycles. The van der Waals surface area contributed by atoms with Crippen molar-refractivity contribution < 1.29 is 18.8 Å². The number of amides is 4. The zero-order chi connectivity index (χ0) is 16.5. The molecular formula is C15H21N3O4. The molecule has 7 heteroatoms. The summed E-state index contributed by atoms with van der Waals surface area (Å²) in [5, 5.41) is 5.35. The molecule has 1 aromatic heterocycles. The lowest BCUT2D eigenvalue weighted by atomic mass is 9.99. The first-order chi connectivity index (χ1) is 10.3. The highest BCUT2D eigenvalue weighted by Gasteiger charge is 2.51. The number of nitrogens with zero attached hydrogens (tertiary/aromatic N) is 1. The van der Waals surface area contributed by atoms with Crippen LogP contribution in [0.3, 0.4) is 0 Å². The molecule has 120 valence electrons. The molecule has 1 fully saturated rings. The Hall–Kier alpha value is -2.31. The molecule has 0 aromatic carbocycles. The fraction of sp³-hybridized carbons (Fsp3) is 0.533. The summed E-state index contributed by atoms with van der Waals surface area (Å²) < 4.78 is 5.23. The summed E-state index contributed by atoms with van der Waals surface area (Å²) in [6, 6.07) is 2.61. The van der Waals surface area contributed by atoms with E-state index in [2.05, 4.69) is 10.6 Å². The van der Waals surface area contributed by atoms with Crippen molar-refractivity contribution in [2.24, 2.45) is 5.92 Å². The number of hydrogen-bond donors (Lipinski definition) is 2. The second kappa shape index (κ2) is 5.82. The number of imide groups is 1. The molecule has 0 bridgehead atoms. The smallest absolute Gasteiger partial charge is 0.325 e. The zero-order valence-electron chi connectivity index (χ0n) is 13.2. The first-order valence-corrected chi connectivity index (χ1v) is 7.23. The predicted octanol–water partition coefficient (Wildman–Crippen LogP) is 1.21. The Morgan fingerprint density at radius 2 is 2.09 bits per heavy atom. The SMILES string of the molecule is CC(C)[C@@H](C)NC(=O)CN1C(=O)N[C@@](C)(c2ccco2)C1=O. The van der Waals surface area contributed by atoms with Gasteiger partial charge in [-0.15, -0.1) is 0 Å². The summed E-state index contributed by atoms with van der Waals surface area (Å²) in [5.74, 6) is -0.266. The van der Waals surface area contributed by atoms with E-state index in [1.54, 1.807) is 19.1 Å². The van der Waals surface area contributed by atoms with E-state index in [1.165, 1.54) is 6.26 Å². The van der Waals surface area contributed by atoms with Crippen LogP contribution in [-0.4, -0.2) is 35.3 Å². The van der Waals surface area contributed by atoms with Crippen molar-refractivity contribution in [1.29, 1.82) is 0 Å². The number of urea groups is 1. The van der Waals surface area contributed by atoms with E-state index in [-0.39, 0.29) is 24.4 Å². The highest BCUT2D eigenvalue weighted by atomic mass is 16.3. The number of nitrogens with one attached hydrogen (secondary N) is 2. The van der Waals surface area contributed by atoms with Gasteiger partial charge in [-0.2, -0.15) is 0 Å². The molecule has 22 heavy (non-hydrogen) atoms. The standard InChI is InChI=1S/C15H21N3O4/c1-9(2)10(3)16-12(19)8-18-13(20)15(4,17-14(18)21)11-6-5-7-22-11/h5-7,9-10H,8H2,1-4H3,(H,16,19)(H,17,21)/t10-,15+/m1/s1. The number of furan rings is 1. The Morgan fingerprint density at radius 3 is 2.64 bits per heavy atom. The second-order valence-corrected chi connectivity index (χ2v) is 6.02. The van der Waals surface area contributed by atoms with Crippen LogP contribution in [-0.2, 0) is 15.1 Å². The third-order valence-electron chi connectivity index (χ3n) is 3.98. The maximum absolute atomic E-state index is 12.5. The lowest BCUT2D eigenvalue weighted by Gasteiger charge is -2.21. The Bertz CT molecular complexity index is 582. The van der Waals surface area contributed by atoms with Crippen LogP contribution in [0.25, 0.3) is 0 Å². The molecule has 1 aromatic rings. The van der Waals surface area contributed by atoms with Crippen LogP contribution in [0.4, 0.5) is 4.79 Å². The molecule has 0 aliphatic carbocycles. The molecular weight excluding hydrogens is 286 g/mol. The lowest BCUT2D eigenvalue weighted by Crippen LogP contribution is -2.45. The molecule has 0 radical (unpaired) electrons. The third kappa shape index (κ3) is 2.84. The predicted molar refractivity (Wildman–Crippen MR) is 78.7 cm³/mol. The van der Waals surface area contributed by atoms with E-state index < -0.39 is 17.5 Å². The van der Waals surface area contributed by atoms with Crippen LogP contribution >= 0.6 is 0 Å². The van der Waals surface area contributed by atoms with Crippen molar-refractivity contribution in [3.63, 3.8) is 0 Å². The van der Waals surface area contributed by atoms with Gasteiger partial charge in [0.1, 0.15) is 12.3 Å². The van der Waals surface area contributed by atoms with E-state index in [4.69, 9.17) is 4.42 Å². The van der Waals surface area contributed by atoms with E-state index in [0.717, 1.165) is 4.90 Å². The van der Waals surface area contributed by atoms with Gasteiger partial charge in [0, 0.05) is 6.04 Å². The van der Waals surface area contributed by atoms with Gasteiger partial charge < -0.3 is 15.1 Å². The minimum absolute atomic E-state index is 0.0373. The van der Waals surface area contributed by atoms with E-state index in [9.17, 15) is 14.4 Å². The zero-order valence-corrected chi connectivity index (χ0v) is 13.2. The quantitative estimate of drug-likeness (QED) is 0.800. The Balaban J connectivity index is 2.08. The van der Waals surface area contributed by atoms with Gasteiger partial charge in [0.25, 0.3) is 5.91 Å². The lowest BCUT2D eigenvalue weighted by molar-refractivity contribution is -0.135. The van der Waals surface area contributed by atoms with Crippen molar-refractivity contribution >= 4 is 17.8 Å². The Labute approximate surface area is 129 Å². The summed E-state index contributed by atoms with van der Waals surface area (Å²) >= 11 is 0. The first kappa shape index (κ1) is 16.1. The maximum atomic E-state index is 12.5. The van der Waals surface area contributed by atoms with E-state index in [0.29, 0.717) is 5.76 Å². The largest absolute Gasteiger partial charge is 0.466 e. The molecule has 2 rings (SSSR count). The summed E-state index contributed by atoms with van der Waals surface area (Å²) in [7, 11) is 0. The molecule has 1 saturated heterocycles. The number of hydrogen-bond acceptors (Lipinski definition) is 4. The van der Waals surface area contributed by atoms with Gasteiger partial charge in [0.05, 0.1) is 6.26 Å². The Morgan fingerprint density at radius 1 is 1.41 bits per heavy atom. The van der Waals surface area contributed by atoms with Crippen LogP contribution in [0.5, 0.6) is 0 Å². The summed E-state index contributed by atoms with van der Waals surface area (Å²) in [5.41, 5.74) is -1.27. The minimum Gasteiger partial charge on any atom is -0.466 e. The fourth-order valence-electron chi connectivity index (χ4n) is 2.18. The number of carbonyl (C=O) groups is 3. The molecule has 7 nitrogen and oxygen atoms in total. The van der Waals surface area contributed by atoms with Gasteiger partial charge in [0.2, 0.25) is 5.91 Å². The van der Waals surface area contributed by atoms with E-state index in [1.807, 2.05) is 20.8 Å². The molecule has 0 spiro atoms. The van der Waals surface area contributed by atoms with Crippen molar-refractivity contribution in [2.45, 2.75) is 39.3 Å². The van der Waals surface area contributed by atoms with Crippen molar-refractivity contribution in [3.8, 4) is 0 Å². The average molecular weight is 307 g/mol.